The van der Waals surface area contributed by atoms with Crippen LogP contribution in [0.5, 0.6) is 5.75 Å². The van der Waals surface area contributed by atoms with E-state index < -0.39 is 0 Å². The normalized spacial score (nSPS) is 14.2. The van der Waals surface area contributed by atoms with E-state index in [1.54, 1.807) is 18.2 Å². The molecular weight excluding hydrogens is 378 g/mol. The highest BCUT2D eigenvalue weighted by Gasteiger charge is 2.32. The summed E-state index contributed by atoms with van der Waals surface area (Å²) in [4.78, 5) is 23.8. The Morgan fingerprint density at radius 1 is 1.14 bits per heavy atom. The number of hydrogen-bond acceptors (Lipinski definition) is 4. The molecule has 6 nitrogen and oxygen atoms in total. The van der Waals surface area contributed by atoms with Crippen LogP contribution in [0, 0.1) is 5.92 Å². The largest absolute Gasteiger partial charge is 0.495 e. The molecule has 1 fully saturated rings. The lowest BCUT2D eigenvalue weighted by Gasteiger charge is -2.19. The van der Waals surface area contributed by atoms with Crippen molar-refractivity contribution in [3.63, 3.8) is 0 Å². The number of ether oxygens (including phenoxy) is 1. The molecule has 2 amide bonds. The molecule has 0 bridgehead atoms. The maximum absolute atomic E-state index is 12.5. The van der Waals surface area contributed by atoms with Gasteiger partial charge in [-0.25, -0.2) is 0 Å². The molecule has 148 valence electrons. The number of amides is 2. The van der Waals surface area contributed by atoms with Crippen molar-refractivity contribution in [2.75, 3.05) is 24.3 Å². The summed E-state index contributed by atoms with van der Waals surface area (Å²) < 4.78 is 5.30. The van der Waals surface area contributed by atoms with Crippen LogP contribution in [-0.4, -0.2) is 25.5 Å². The summed E-state index contributed by atoms with van der Waals surface area (Å²) in [5, 5.41) is 9.60. The molecule has 1 saturated carbocycles. The van der Waals surface area contributed by atoms with Gasteiger partial charge in [0.15, 0.2) is 0 Å². The van der Waals surface area contributed by atoms with E-state index in [1.807, 2.05) is 24.3 Å². The molecule has 2 aromatic rings. The fourth-order valence-corrected chi connectivity index (χ4v) is 3.27. The number of rotatable bonds is 8. The summed E-state index contributed by atoms with van der Waals surface area (Å²) in [5.41, 5.74) is 2.23. The Balaban J connectivity index is 1.64. The predicted molar refractivity (Wildman–Crippen MR) is 111 cm³/mol. The van der Waals surface area contributed by atoms with E-state index in [1.165, 1.54) is 14.0 Å². The van der Waals surface area contributed by atoms with Crippen LogP contribution in [-0.2, 0) is 9.59 Å². The number of hydrogen-bond donors (Lipinski definition) is 3. The van der Waals surface area contributed by atoms with Gasteiger partial charge in [-0.05, 0) is 54.7 Å². The highest BCUT2D eigenvalue weighted by Crippen LogP contribution is 2.41. The average Bonchev–Trinajstić information content (AvgIpc) is 3.48. The first-order valence-electron chi connectivity index (χ1n) is 9.20. The van der Waals surface area contributed by atoms with Gasteiger partial charge in [-0.2, -0.15) is 0 Å². The number of carbonyl (C=O) groups is 2. The summed E-state index contributed by atoms with van der Waals surface area (Å²) >= 11 is 5.98. The number of halogens is 1. The molecule has 0 aliphatic heterocycles. The molecule has 1 aliphatic carbocycles. The summed E-state index contributed by atoms with van der Waals surface area (Å²) in [6.45, 7) is 1.60. The first-order valence-corrected chi connectivity index (χ1v) is 9.58. The molecule has 1 atom stereocenters. The number of anilines is 2. The lowest BCUT2D eigenvalue weighted by Crippen LogP contribution is -2.32. The van der Waals surface area contributed by atoms with E-state index in [-0.39, 0.29) is 24.4 Å². The second kappa shape index (κ2) is 9.08. The number of carbonyl (C=O) groups excluding carboxylic acids is 2. The van der Waals surface area contributed by atoms with Crippen LogP contribution in [0.15, 0.2) is 42.5 Å². The maximum Gasteiger partial charge on any atom is 0.238 e. The zero-order chi connectivity index (χ0) is 20.1. The third-order valence-electron chi connectivity index (χ3n) is 4.60. The second-order valence-corrected chi connectivity index (χ2v) is 7.33. The minimum absolute atomic E-state index is 0.121. The summed E-state index contributed by atoms with van der Waals surface area (Å²) in [6.07, 6.45) is 2.29. The van der Waals surface area contributed by atoms with Crippen molar-refractivity contribution in [3.05, 3.63) is 53.1 Å². The van der Waals surface area contributed by atoms with Gasteiger partial charge in [-0.3, -0.25) is 9.59 Å². The summed E-state index contributed by atoms with van der Waals surface area (Å²) in [6, 6.07) is 12.9. The standard InChI is InChI=1S/C21H24ClN3O3/c1-13(26)24-17-9-10-19(28-2)18(11-17)25-20(27)12-23-21(14-3-4-14)15-5-7-16(22)8-6-15/h5-11,14,21,23H,3-4,12H2,1-2H3,(H,24,26)(H,25,27)/t21-/m0/s1. The third kappa shape index (κ3) is 5.47. The Kier molecular flexibility index (Phi) is 6.54. The topological polar surface area (TPSA) is 79.5 Å². The van der Waals surface area contributed by atoms with Crippen LogP contribution < -0.4 is 20.7 Å². The van der Waals surface area contributed by atoms with Crippen molar-refractivity contribution in [1.82, 2.24) is 5.32 Å². The molecule has 3 rings (SSSR count). The Morgan fingerprint density at radius 2 is 1.86 bits per heavy atom. The Morgan fingerprint density at radius 3 is 2.46 bits per heavy atom. The van der Waals surface area contributed by atoms with Crippen molar-refractivity contribution in [2.24, 2.45) is 5.92 Å². The first-order chi connectivity index (χ1) is 13.5. The molecule has 0 unspecified atom stereocenters. The Labute approximate surface area is 169 Å². The highest BCUT2D eigenvalue weighted by molar-refractivity contribution is 6.30. The van der Waals surface area contributed by atoms with Gasteiger partial charge in [-0.15, -0.1) is 0 Å². The molecule has 1 aliphatic rings. The molecule has 0 saturated heterocycles. The monoisotopic (exact) mass is 401 g/mol. The van der Waals surface area contributed by atoms with Gasteiger partial charge in [0.2, 0.25) is 11.8 Å². The molecule has 0 heterocycles. The smallest absolute Gasteiger partial charge is 0.238 e. The maximum atomic E-state index is 12.5. The van der Waals surface area contributed by atoms with Gasteiger partial charge in [0.05, 0.1) is 19.3 Å². The van der Waals surface area contributed by atoms with Crippen LogP contribution in [0.2, 0.25) is 5.02 Å². The van der Waals surface area contributed by atoms with Crippen LogP contribution in [0.25, 0.3) is 0 Å². The summed E-state index contributed by atoms with van der Waals surface area (Å²) in [7, 11) is 1.53. The molecule has 0 spiro atoms. The first kappa shape index (κ1) is 20.2. The van der Waals surface area contributed by atoms with Crippen LogP contribution in [0.3, 0.4) is 0 Å². The van der Waals surface area contributed by atoms with Gasteiger partial charge in [0.25, 0.3) is 0 Å². The molecule has 0 radical (unpaired) electrons. The minimum atomic E-state index is -0.183. The predicted octanol–water partition coefficient (Wildman–Crippen LogP) is 3.99. The number of methoxy groups -OCH3 is 1. The lowest BCUT2D eigenvalue weighted by atomic mass is 10.0. The molecule has 7 heteroatoms. The van der Waals surface area contributed by atoms with Crippen molar-refractivity contribution in [1.29, 1.82) is 0 Å². The van der Waals surface area contributed by atoms with Gasteiger partial charge in [0, 0.05) is 23.7 Å². The van der Waals surface area contributed by atoms with Crippen LogP contribution >= 0.6 is 11.6 Å². The Bertz CT molecular complexity index is 850. The highest BCUT2D eigenvalue weighted by atomic mass is 35.5. The number of nitrogens with one attached hydrogen (secondary N) is 3. The van der Waals surface area contributed by atoms with E-state index in [2.05, 4.69) is 16.0 Å². The van der Waals surface area contributed by atoms with Crippen molar-refractivity contribution >= 4 is 34.8 Å². The van der Waals surface area contributed by atoms with E-state index in [9.17, 15) is 9.59 Å². The third-order valence-corrected chi connectivity index (χ3v) is 4.85. The minimum Gasteiger partial charge on any atom is -0.495 e. The average molecular weight is 402 g/mol. The number of benzene rings is 2. The zero-order valence-corrected chi connectivity index (χ0v) is 16.7. The summed E-state index contributed by atoms with van der Waals surface area (Å²) in [5.74, 6) is 0.697. The molecule has 3 N–H and O–H groups in total. The zero-order valence-electron chi connectivity index (χ0n) is 15.9. The molecule has 0 aromatic heterocycles. The van der Waals surface area contributed by atoms with Crippen LogP contribution in [0.4, 0.5) is 11.4 Å². The van der Waals surface area contributed by atoms with E-state index >= 15 is 0 Å². The molecule has 28 heavy (non-hydrogen) atoms. The van der Waals surface area contributed by atoms with Gasteiger partial charge >= 0.3 is 0 Å². The fraction of sp³-hybridized carbons (Fsp3) is 0.333. The van der Waals surface area contributed by atoms with Gasteiger partial charge < -0.3 is 20.7 Å². The Hall–Kier alpha value is -2.57. The van der Waals surface area contributed by atoms with E-state index in [0.29, 0.717) is 28.1 Å². The van der Waals surface area contributed by atoms with Gasteiger partial charge in [0.1, 0.15) is 5.75 Å². The lowest BCUT2D eigenvalue weighted by molar-refractivity contribution is -0.115. The molecular formula is C21H24ClN3O3. The molecule has 2 aromatic carbocycles. The second-order valence-electron chi connectivity index (χ2n) is 6.89. The quantitative estimate of drug-likeness (QED) is 0.625. The van der Waals surface area contributed by atoms with E-state index in [0.717, 1.165) is 18.4 Å². The van der Waals surface area contributed by atoms with Crippen molar-refractivity contribution in [2.45, 2.75) is 25.8 Å². The van der Waals surface area contributed by atoms with E-state index in [4.69, 9.17) is 16.3 Å². The van der Waals surface area contributed by atoms with Crippen LogP contribution in [0.1, 0.15) is 31.4 Å². The van der Waals surface area contributed by atoms with Gasteiger partial charge in [-0.1, -0.05) is 23.7 Å². The van der Waals surface area contributed by atoms with Crippen molar-refractivity contribution < 1.29 is 14.3 Å². The SMILES string of the molecule is COc1ccc(NC(C)=O)cc1NC(=O)CN[C@H](c1ccc(Cl)cc1)C1CC1. The fourth-order valence-electron chi connectivity index (χ4n) is 3.14. The van der Waals surface area contributed by atoms with Crippen molar-refractivity contribution in [3.8, 4) is 5.75 Å².